The van der Waals surface area contributed by atoms with Gasteiger partial charge in [0, 0.05) is 17.9 Å². The Bertz CT molecular complexity index is 536. The maximum absolute atomic E-state index is 5.76. The van der Waals surface area contributed by atoms with Crippen molar-refractivity contribution in [2.75, 3.05) is 18.9 Å². The van der Waals surface area contributed by atoms with E-state index in [-0.39, 0.29) is 0 Å². The minimum Gasteiger partial charge on any atom is -0.399 e. The Balaban J connectivity index is 1.83. The summed E-state index contributed by atoms with van der Waals surface area (Å²) in [6, 6.07) is 7.58. The number of hydrogen-bond donors (Lipinski definition) is 1. The summed E-state index contributed by atoms with van der Waals surface area (Å²) in [5, 5.41) is 4.42. The van der Waals surface area contributed by atoms with Gasteiger partial charge in [0.2, 0.25) is 0 Å². The van der Waals surface area contributed by atoms with Gasteiger partial charge in [-0.2, -0.15) is 5.10 Å². The SMILES string of the molecule is CC(C)CCOCCn1cnc(-c2cccc(N)c2)n1. The number of aromatic nitrogens is 3. The zero-order valence-electron chi connectivity index (χ0n) is 12.1. The van der Waals surface area contributed by atoms with Gasteiger partial charge >= 0.3 is 0 Å². The molecule has 0 aliphatic rings. The summed E-state index contributed by atoms with van der Waals surface area (Å²) < 4.78 is 7.37. The van der Waals surface area contributed by atoms with E-state index in [4.69, 9.17) is 10.5 Å². The van der Waals surface area contributed by atoms with Crippen LogP contribution in [0.4, 0.5) is 5.69 Å². The number of anilines is 1. The first-order valence-electron chi connectivity index (χ1n) is 6.98. The van der Waals surface area contributed by atoms with E-state index < -0.39 is 0 Å². The monoisotopic (exact) mass is 274 g/mol. The predicted molar refractivity (Wildman–Crippen MR) is 80.1 cm³/mol. The first kappa shape index (κ1) is 14.5. The molecule has 1 heterocycles. The van der Waals surface area contributed by atoms with Gasteiger partial charge in [-0.15, -0.1) is 0 Å². The Kier molecular flexibility index (Phi) is 5.12. The molecular weight excluding hydrogens is 252 g/mol. The van der Waals surface area contributed by atoms with Crippen LogP contribution in [0.2, 0.25) is 0 Å². The highest BCUT2D eigenvalue weighted by molar-refractivity contribution is 5.60. The zero-order chi connectivity index (χ0) is 14.4. The minimum atomic E-state index is 0.659. The van der Waals surface area contributed by atoms with E-state index in [2.05, 4.69) is 23.9 Å². The third-order valence-corrected chi connectivity index (χ3v) is 2.99. The highest BCUT2D eigenvalue weighted by Crippen LogP contribution is 2.16. The number of benzene rings is 1. The van der Waals surface area contributed by atoms with Crippen LogP contribution in [-0.2, 0) is 11.3 Å². The van der Waals surface area contributed by atoms with Crippen molar-refractivity contribution in [2.24, 2.45) is 5.92 Å². The molecule has 0 unspecified atom stereocenters. The quantitative estimate of drug-likeness (QED) is 0.622. The van der Waals surface area contributed by atoms with Gasteiger partial charge in [0.15, 0.2) is 5.82 Å². The minimum absolute atomic E-state index is 0.659. The largest absolute Gasteiger partial charge is 0.399 e. The standard InChI is InChI=1S/C15H22N4O/c1-12(2)6-8-20-9-7-19-11-17-15(18-19)13-4-3-5-14(16)10-13/h3-5,10-12H,6-9,16H2,1-2H3. The highest BCUT2D eigenvalue weighted by atomic mass is 16.5. The van der Waals surface area contributed by atoms with Gasteiger partial charge in [-0.25, -0.2) is 4.98 Å². The molecule has 0 aliphatic carbocycles. The molecule has 2 rings (SSSR count). The first-order chi connectivity index (χ1) is 9.65. The zero-order valence-corrected chi connectivity index (χ0v) is 12.1. The molecule has 0 bridgehead atoms. The molecule has 0 amide bonds. The molecule has 2 aromatic rings. The van der Waals surface area contributed by atoms with E-state index in [0.29, 0.717) is 24.9 Å². The van der Waals surface area contributed by atoms with Crippen LogP contribution in [0.1, 0.15) is 20.3 Å². The van der Waals surface area contributed by atoms with E-state index in [1.165, 1.54) is 0 Å². The molecule has 0 fully saturated rings. The maximum atomic E-state index is 5.76. The third-order valence-electron chi connectivity index (χ3n) is 2.99. The second kappa shape index (κ2) is 7.05. The van der Waals surface area contributed by atoms with Crippen LogP contribution >= 0.6 is 0 Å². The molecule has 0 aliphatic heterocycles. The fraction of sp³-hybridized carbons (Fsp3) is 0.467. The average Bonchev–Trinajstić information content (AvgIpc) is 2.87. The van der Waals surface area contributed by atoms with Crippen molar-refractivity contribution in [3.05, 3.63) is 30.6 Å². The normalized spacial score (nSPS) is 11.2. The van der Waals surface area contributed by atoms with E-state index in [9.17, 15) is 0 Å². The number of nitrogens with two attached hydrogens (primary N) is 1. The van der Waals surface area contributed by atoms with Gasteiger partial charge in [0.05, 0.1) is 13.2 Å². The van der Waals surface area contributed by atoms with Gasteiger partial charge in [-0.3, -0.25) is 4.68 Å². The summed E-state index contributed by atoms with van der Waals surface area (Å²) in [6.07, 6.45) is 2.82. The van der Waals surface area contributed by atoms with Crippen molar-refractivity contribution in [2.45, 2.75) is 26.8 Å². The van der Waals surface area contributed by atoms with Crippen LogP contribution in [0, 0.1) is 5.92 Å². The van der Waals surface area contributed by atoms with Crippen LogP contribution in [-0.4, -0.2) is 28.0 Å². The summed E-state index contributed by atoms with van der Waals surface area (Å²) in [6.45, 7) is 6.56. The van der Waals surface area contributed by atoms with E-state index >= 15 is 0 Å². The molecule has 2 N–H and O–H groups in total. The molecule has 0 saturated carbocycles. The average molecular weight is 274 g/mol. The van der Waals surface area contributed by atoms with Crippen molar-refractivity contribution in [3.8, 4) is 11.4 Å². The number of nitrogens with zero attached hydrogens (tertiary/aromatic N) is 3. The molecule has 0 spiro atoms. The van der Waals surface area contributed by atoms with Crippen LogP contribution in [0.25, 0.3) is 11.4 Å². The lowest BCUT2D eigenvalue weighted by atomic mass is 10.1. The van der Waals surface area contributed by atoms with Crippen LogP contribution < -0.4 is 5.73 Å². The van der Waals surface area contributed by atoms with Crippen molar-refractivity contribution in [1.29, 1.82) is 0 Å². The summed E-state index contributed by atoms with van der Waals surface area (Å²) in [5.41, 5.74) is 7.41. The molecule has 1 aromatic carbocycles. The lowest BCUT2D eigenvalue weighted by Gasteiger charge is -2.06. The molecule has 20 heavy (non-hydrogen) atoms. The third kappa shape index (κ3) is 4.35. The van der Waals surface area contributed by atoms with Gasteiger partial charge in [-0.1, -0.05) is 26.0 Å². The Morgan fingerprint density at radius 1 is 1.30 bits per heavy atom. The second-order valence-electron chi connectivity index (χ2n) is 5.25. The smallest absolute Gasteiger partial charge is 0.181 e. The molecule has 108 valence electrons. The Morgan fingerprint density at radius 2 is 2.15 bits per heavy atom. The predicted octanol–water partition coefficient (Wildman–Crippen LogP) is 2.59. The molecular formula is C15H22N4O. The Hall–Kier alpha value is -1.88. The highest BCUT2D eigenvalue weighted by Gasteiger charge is 2.04. The molecule has 5 heteroatoms. The van der Waals surface area contributed by atoms with Crippen molar-refractivity contribution in [3.63, 3.8) is 0 Å². The van der Waals surface area contributed by atoms with E-state index in [1.807, 2.05) is 24.3 Å². The van der Waals surface area contributed by atoms with E-state index in [1.54, 1.807) is 11.0 Å². The van der Waals surface area contributed by atoms with E-state index in [0.717, 1.165) is 24.3 Å². The van der Waals surface area contributed by atoms with Crippen LogP contribution in [0.3, 0.4) is 0 Å². The van der Waals surface area contributed by atoms with Crippen molar-refractivity contribution >= 4 is 5.69 Å². The lowest BCUT2D eigenvalue weighted by Crippen LogP contribution is -2.08. The molecule has 5 nitrogen and oxygen atoms in total. The number of nitrogen functional groups attached to an aromatic ring is 1. The Labute approximate surface area is 119 Å². The van der Waals surface area contributed by atoms with Crippen LogP contribution in [0.15, 0.2) is 30.6 Å². The molecule has 0 radical (unpaired) electrons. The summed E-state index contributed by atoms with van der Waals surface area (Å²) in [4.78, 5) is 4.30. The van der Waals surface area contributed by atoms with Gasteiger partial charge in [0.1, 0.15) is 6.33 Å². The lowest BCUT2D eigenvalue weighted by molar-refractivity contribution is 0.114. The van der Waals surface area contributed by atoms with Crippen molar-refractivity contribution < 1.29 is 4.74 Å². The summed E-state index contributed by atoms with van der Waals surface area (Å²) >= 11 is 0. The van der Waals surface area contributed by atoms with Gasteiger partial charge in [0.25, 0.3) is 0 Å². The topological polar surface area (TPSA) is 66.0 Å². The summed E-state index contributed by atoms with van der Waals surface area (Å²) in [7, 11) is 0. The fourth-order valence-electron chi connectivity index (χ4n) is 1.79. The van der Waals surface area contributed by atoms with Gasteiger partial charge < -0.3 is 10.5 Å². The number of hydrogen-bond acceptors (Lipinski definition) is 4. The number of rotatable bonds is 7. The Morgan fingerprint density at radius 3 is 2.90 bits per heavy atom. The molecule has 0 saturated heterocycles. The molecule has 1 aromatic heterocycles. The molecule has 0 atom stereocenters. The summed E-state index contributed by atoms with van der Waals surface area (Å²) in [5.74, 6) is 1.37. The van der Waals surface area contributed by atoms with Gasteiger partial charge in [-0.05, 0) is 24.5 Å². The van der Waals surface area contributed by atoms with Crippen LogP contribution in [0.5, 0.6) is 0 Å². The van der Waals surface area contributed by atoms with Crippen molar-refractivity contribution in [1.82, 2.24) is 14.8 Å². The second-order valence-corrected chi connectivity index (χ2v) is 5.25. The number of ether oxygens (including phenoxy) is 1. The maximum Gasteiger partial charge on any atom is 0.181 e. The first-order valence-corrected chi connectivity index (χ1v) is 6.98. The fourth-order valence-corrected chi connectivity index (χ4v) is 1.79.